The highest BCUT2D eigenvalue weighted by Gasteiger charge is 2.21. The standard InChI is InChI=1S/C14H28N2O/c1-12-5-3-4-6-14(12)15-7-8-16-9-10-17-13(2)11-16/h12-15H,3-11H2,1-2H3. The number of nitrogens with zero attached hydrogens (tertiary/aromatic N) is 1. The van der Waals surface area contributed by atoms with Crippen LogP contribution in [0.3, 0.4) is 0 Å². The van der Waals surface area contributed by atoms with Gasteiger partial charge in [-0.15, -0.1) is 0 Å². The summed E-state index contributed by atoms with van der Waals surface area (Å²) in [6.07, 6.45) is 6.04. The summed E-state index contributed by atoms with van der Waals surface area (Å²) in [4.78, 5) is 2.52. The van der Waals surface area contributed by atoms with Crippen LogP contribution in [0.4, 0.5) is 0 Å². The zero-order valence-corrected chi connectivity index (χ0v) is 11.5. The smallest absolute Gasteiger partial charge is 0.0674 e. The van der Waals surface area contributed by atoms with E-state index in [1.165, 1.54) is 32.2 Å². The Morgan fingerprint density at radius 3 is 2.82 bits per heavy atom. The molecule has 0 spiro atoms. The van der Waals surface area contributed by atoms with Gasteiger partial charge in [0.05, 0.1) is 12.7 Å². The van der Waals surface area contributed by atoms with Crippen LogP contribution in [-0.2, 0) is 4.74 Å². The molecule has 0 radical (unpaired) electrons. The predicted molar refractivity (Wildman–Crippen MR) is 71.3 cm³/mol. The Morgan fingerprint density at radius 1 is 1.24 bits per heavy atom. The third kappa shape index (κ3) is 4.23. The molecule has 3 atom stereocenters. The normalized spacial score (nSPS) is 36.0. The second kappa shape index (κ2) is 6.72. The van der Waals surface area contributed by atoms with Gasteiger partial charge in [-0.3, -0.25) is 4.90 Å². The molecule has 0 bridgehead atoms. The third-order valence-corrected chi connectivity index (χ3v) is 4.27. The second-order valence-corrected chi connectivity index (χ2v) is 5.80. The summed E-state index contributed by atoms with van der Waals surface area (Å²) in [5.41, 5.74) is 0. The van der Waals surface area contributed by atoms with Gasteiger partial charge in [0.2, 0.25) is 0 Å². The van der Waals surface area contributed by atoms with E-state index in [0.29, 0.717) is 6.10 Å². The van der Waals surface area contributed by atoms with Gasteiger partial charge in [0.15, 0.2) is 0 Å². The van der Waals surface area contributed by atoms with Gasteiger partial charge in [-0.05, 0) is 25.7 Å². The van der Waals surface area contributed by atoms with Gasteiger partial charge in [-0.2, -0.15) is 0 Å². The summed E-state index contributed by atoms with van der Waals surface area (Å²) >= 11 is 0. The maximum Gasteiger partial charge on any atom is 0.0674 e. The fraction of sp³-hybridized carbons (Fsp3) is 1.00. The lowest BCUT2D eigenvalue weighted by molar-refractivity contribution is -0.0180. The number of rotatable bonds is 4. The molecule has 1 aliphatic carbocycles. The van der Waals surface area contributed by atoms with E-state index in [1.54, 1.807) is 0 Å². The minimum atomic E-state index is 0.414. The molecule has 17 heavy (non-hydrogen) atoms. The molecule has 0 aromatic carbocycles. The van der Waals surface area contributed by atoms with Gasteiger partial charge in [0.25, 0.3) is 0 Å². The van der Waals surface area contributed by atoms with E-state index in [9.17, 15) is 0 Å². The molecule has 100 valence electrons. The highest BCUT2D eigenvalue weighted by molar-refractivity contribution is 4.79. The van der Waals surface area contributed by atoms with Crippen molar-refractivity contribution in [2.45, 2.75) is 51.7 Å². The number of ether oxygens (including phenoxy) is 1. The summed E-state index contributed by atoms with van der Waals surface area (Å²) in [7, 11) is 0. The first-order valence-electron chi connectivity index (χ1n) is 7.33. The summed E-state index contributed by atoms with van der Waals surface area (Å²) in [6.45, 7) is 9.99. The molecule has 3 nitrogen and oxygen atoms in total. The lowest BCUT2D eigenvalue weighted by atomic mass is 9.86. The zero-order chi connectivity index (χ0) is 12.1. The van der Waals surface area contributed by atoms with Crippen LogP contribution in [-0.4, -0.2) is 49.8 Å². The van der Waals surface area contributed by atoms with Gasteiger partial charge < -0.3 is 10.1 Å². The largest absolute Gasteiger partial charge is 0.376 e. The van der Waals surface area contributed by atoms with E-state index in [-0.39, 0.29) is 0 Å². The summed E-state index contributed by atoms with van der Waals surface area (Å²) in [6, 6.07) is 0.766. The lowest BCUT2D eigenvalue weighted by Gasteiger charge is -2.33. The van der Waals surface area contributed by atoms with Crippen molar-refractivity contribution in [3.8, 4) is 0 Å². The van der Waals surface area contributed by atoms with Crippen molar-refractivity contribution in [3.05, 3.63) is 0 Å². The average molecular weight is 240 g/mol. The highest BCUT2D eigenvalue weighted by Crippen LogP contribution is 2.23. The number of hydrogen-bond donors (Lipinski definition) is 1. The molecule has 3 heteroatoms. The lowest BCUT2D eigenvalue weighted by Crippen LogP contribution is -2.46. The fourth-order valence-corrected chi connectivity index (χ4v) is 3.12. The van der Waals surface area contributed by atoms with E-state index in [0.717, 1.165) is 38.2 Å². The minimum absolute atomic E-state index is 0.414. The van der Waals surface area contributed by atoms with Gasteiger partial charge >= 0.3 is 0 Å². The SMILES string of the molecule is CC1CN(CCNC2CCCCC2C)CCO1. The van der Waals surface area contributed by atoms with Gasteiger partial charge in [-0.25, -0.2) is 0 Å². The molecule has 2 rings (SSSR count). The fourth-order valence-electron chi connectivity index (χ4n) is 3.12. The first-order valence-corrected chi connectivity index (χ1v) is 7.33. The monoisotopic (exact) mass is 240 g/mol. The first-order chi connectivity index (χ1) is 8.25. The third-order valence-electron chi connectivity index (χ3n) is 4.27. The first kappa shape index (κ1) is 13.3. The summed E-state index contributed by atoms with van der Waals surface area (Å²) in [5, 5.41) is 3.75. The van der Waals surface area contributed by atoms with Crippen molar-refractivity contribution in [2.75, 3.05) is 32.8 Å². The Kier molecular flexibility index (Phi) is 5.26. The van der Waals surface area contributed by atoms with Crippen molar-refractivity contribution in [1.82, 2.24) is 10.2 Å². The highest BCUT2D eigenvalue weighted by atomic mass is 16.5. The van der Waals surface area contributed by atoms with Gasteiger partial charge in [0.1, 0.15) is 0 Å². The van der Waals surface area contributed by atoms with Crippen LogP contribution < -0.4 is 5.32 Å². The van der Waals surface area contributed by atoms with Crippen LogP contribution in [0, 0.1) is 5.92 Å². The Morgan fingerprint density at radius 2 is 2.06 bits per heavy atom. The molecule has 0 aromatic heterocycles. The number of morpholine rings is 1. The van der Waals surface area contributed by atoms with E-state index in [2.05, 4.69) is 24.1 Å². The molecule has 1 saturated carbocycles. The van der Waals surface area contributed by atoms with Gasteiger partial charge in [0, 0.05) is 32.2 Å². The Hall–Kier alpha value is -0.120. The zero-order valence-electron chi connectivity index (χ0n) is 11.5. The van der Waals surface area contributed by atoms with Crippen molar-refractivity contribution in [3.63, 3.8) is 0 Å². The molecule has 0 aromatic rings. The number of hydrogen-bond acceptors (Lipinski definition) is 3. The maximum absolute atomic E-state index is 5.56. The Bertz CT molecular complexity index is 222. The molecule has 3 unspecified atom stereocenters. The molecule has 2 fully saturated rings. The molecule has 0 amide bonds. The maximum atomic E-state index is 5.56. The van der Waals surface area contributed by atoms with E-state index >= 15 is 0 Å². The van der Waals surface area contributed by atoms with Crippen molar-refractivity contribution >= 4 is 0 Å². The van der Waals surface area contributed by atoms with Crippen LogP contribution in [0.15, 0.2) is 0 Å². The average Bonchev–Trinajstić information content (AvgIpc) is 2.32. The van der Waals surface area contributed by atoms with E-state index in [1.807, 2.05) is 0 Å². The molecule has 1 N–H and O–H groups in total. The topological polar surface area (TPSA) is 24.5 Å². The van der Waals surface area contributed by atoms with Crippen LogP contribution in [0.5, 0.6) is 0 Å². The van der Waals surface area contributed by atoms with E-state index in [4.69, 9.17) is 4.74 Å². The quantitative estimate of drug-likeness (QED) is 0.812. The summed E-state index contributed by atoms with van der Waals surface area (Å²) in [5.74, 6) is 0.868. The van der Waals surface area contributed by atoms with E-state index < -0.39 is 0 Å². The molecule has 2 aliphatic rings. The van der Waals surface area contributed by atoms with Crippen LogP contribution in [0.1, 0.15) is 39.5 Å². The molecule has 1 aliphatic heterocycles. The van der Waals surface area contributed by atoms with Crippen molar-refractivity contribution in [1.29, 1.82) is 0 Å². The van der Waals surface area contributed by atoms with Crippen molar-refractivity contribution in [2.24, 2.45) is 5.92 Å². The van der Waals surface area contributed by atoms with Crippen molar-refractivity contribution < 1.29 is 4.74 Å². The molecule has 1 saturated heterocycles. The van der Waals surface area contributed by atoms with Crippen LogP contribution >= 0.6 is 0 Å². The second-order valence-electron chi connectivity index (χ2n) is 5.80. The molecular weight excluding hydrogens is 212 g/mol. The Balaban J connectivity index is 1.61. The summed E-state index contributed by atoms with van der Waals surface area (Å²) < 4.78 is 5.56. The van der Waals surface area contributed by atoms with Crippen LogP contribution in [0.2, 0.25) is 0 Å². The van der Waals surface area contributed by atoms with Gasteiger partial charge in [-0.1, -0.05) is 19.8 Å². The molecule has 1 heterocycles. The minimum Gasteiger partial charge on any atom is -0.376 e. The number of nitrogens with one attached hydrogen (secondary N) is 1. The van der Waals surface area contributed by atoms with Crippen LogP contribution in [0.25, 0.3) is 0 Å². The predicted octanol–water partition coefficient (Wildman–Crippen LogP) is 1.88. The molecular formula is C14H28N2O. The Labute approximate surface area is 106 Å².